The van der Waals surface area contributed by atoms with Gasteiger partial charge >= 0.3 is 0 Å². The van der Waals surface area contributed by atoms with Gasteiger partial charge in [-0.1, -0.05) is 65.2 Å². The summed E-state index contributed by atoms with van der Waals surface area (Å²) in [5, 5.41) is 31.7. The van der Waals surface area contributed by atoms with Crippen LogP contribution >= 0.6 is 0 Å². The van der Waals surface area contributed by atoms with E-state index in [4.69, 9.17) is 5.11 Å². The van der Waals surface area contributed by atoms with E-state index in [1.165, 1.54) is 38.5 Å². The first-order valence-corrected chi connectivity index (χ1v) is 9.77. The van der Waals surface area contributed by atoms with Crippen molar-refractivity contribution in [1.82, 2.24) is 5.32 Å². The van der Waals surface area contributed by atoms with Crippen molar-refractivity contribution in [3.05, 3.63) is 0 Å². The highest BCUT2D eigenvalue weighted by molar-refractivity contribution is 4.97. The molecule has 4 atom stereocenters. The second-order valence-electron chi connectivity index (χ2n) is 7.74. The van der Waals surface area contributed by atoms with Crippen molar-refractivity contribution >= 4 is 0 Å². The van der Waals surface area contributed by atoms with E-state index in [1.807, 2.05) is 0 Å². The van der Waals surface area contributed by atoms with Crippen LogP contribution in [0.5, 0.6) is 0 Å². The number of hydrogen-bond acceptors (Lipinski definition) is 4. The molecule has 0 amide bonds. The Hall–Kier alpha value is -0.160. The van der Waals surface area contributed by atoms with Crippen molar-refractivity contribution in [1.29, 1.82) is 0 Å². The van der Waals surface area contributed by atoms with Crippen molar-refractivity contribution in [3.8, 4) is 0 Å². The third kappa shape index (κ3) is 9.04. The van der Waals surface area contributed by atoms with Crippen molar-refractivity contribution in [2.75, 3.05) is 6.61 Å². The first kappa shape index (κ1) is 20.9. The normalized spacial score (nSPS) is 25.6. The van der Waals surface area contributed by atoms with Crippen LogP contribution in [0, 0.1) is 5.92 Å². The molecule has 1 aliphatic rings. The molecule has 1 fully saturated rings. The fraction of sp³-hybridized carbons (Fsp3) is 1.00. The Labute approximate surface area is 142 Å². The van der Waals surface area contributed by atoms with Gasteiger partial charge in [0, 0.05) is 6.04 Å². The van der Waals surface area contributed by atoms with Crippen LogP contribution in [-0.2, 0) is 0 Å². The molecule has 4 N–H and O–H groups in total. The predicted octanol–water partition coefficient (Wildman–Crippen LogP) is 2.99. The van der Waals surface area contributed by atoms with E-state index >= 15 is 0 Å². The van der Waals surface area contributed by atoms with E-state index in [2.05, 4.69) is 19.2 Å². The highest BCUT2D eigenvalue weighted by Gasteiger charge is 2.37. The predicted molar refractivity (Wildman–Crippen MR) is 95.4 cm³/mol. The van der Waals surface area contributed by atoms with E-state index in [-0.39, 0.29) is 30.9 Å². The summed E-state index contributed by atoms with van der Waals surface area (Å²) in [6, 6.07) is 0.100. The Morgan fingerprint density at radius 2 is 1.43 bits per heavy atom. The van der Waals surface area contributed by atoms with Gasteiger partial charge in [0.15, 0.2) is 0 Å². The van der Waals surface area contributed by atoms with E-state index in [1.54, 1.807) is 0 Å². The third-order valence-corrected chi connectivity index (χ3v) is 5.00. The second kappa shape index (κ2) is 12.2. The van der Waals surface area contributed by atoms with Crippen LogP contribution in [0.1, 0.15) is 84.5 Å². The van der Waals surface area contributed by atoms with Crippen molar-refractivity contribution in [2.45, 2.75) is 109 Å². The second-order valence-corrected chi connectivity index (χ2v) is 7.74. The molecule has 0 saturated carbocycles. The Morgan fingerprint density at radius 3 is 1.96 bits per heavy atom. The molecule has 0 bridgehead atoms. The monoisotopic (exact) mass is 329 g/mol. The minimum Gasteiger partial charge on any atom is -0.395 e. The lowest BCUT2D eigenvalue weighted by atomic mass is 9.89. The minimum absolute atomic E-state index is 0.0339. The lowest BCUT2D eigenvalue weighted by Crippen LogP contribution is -2.66. The third-order valence-electron chi connectivity index (χ3n) is 5.00. The van der Waals surface area contributed by atoms with Gasteiger partial charge < -0.3 is 20.6 Å². The van der Waals surface area contributed by atoms with E-state index in [9.17, 15) is 10.2 Å². The van der Waals surface area contributed by atoms with Crippen LogP contribution in [-0.4, -0.2) is 46.2 Å². The average molecular weight is 330 g/mol. The molecule has 1 rings (SSSR count). The summed E-state index contributed by atoms with van der Waals surface area (Å²) >= 11 is 0. The molecule has 1 aliphatic heterocycles. The summed E-state index contributed by atoms with van der Waals surface area (Å²) < 4.78 is 0. The van der Waals surface area contributed by atoms with Crippen molar-refractivity contribution < 1.29 is 15.3 Å². The van der Waals surface area contributed by atoms with Crippen LogP contribution < -0.4 is 5.32 Å². The van der Waals surface area contributed by atoms with Gasteiger partial charge in [-0.05, 0) is 25.2 Å². The molecule has 23 heavy (non-hydrogen) atoms. The molecule has 0 aromatic rings. The fourth-order valence-electron chi connectivity index (χ4n) is 3.52. The molecule has 4 nitrogen and oxygen atoms in total. The van der Waals surface area contributed by atoms with Crippen LogP contribution in [0.4, 0.5) is 0 Å². The van der Waals surface area contributed by atoms with E-state index in [0.29, 0.717) is 5.92 Å². The van der Waals surface area contributed by atoms with Gasteiger partial charge in [-0.2, -0.15) is 0 Å². The minimum atomic E-state index is -0.356. The first-order valence-electron chi connectivity index (χ1n) is 9.77. The lowest BCUT2D eigenvalue weighted by Gasteiger charge is -2.42. The van der Waals surface area contributed by atoms with Gasteiger partial charge in [0.2, 0.25) is 0 Å². The number of aliphatic hydroxyl groups excluding tert-OH is 3. The zero-order chi connectivity index (χ0) is 17.1. The topological polar surface area (TPSA) is 72.7 Å². The molecule has 0 aromatic carbocycles. The molecule has 0 radical (unpaired) electrons. The van der Waals surface area contributed by atoms with Crippen LogP contribution in [0.15, 0.2) is 0 Å². The first-order chi connectivity index (χ1) is 11.0. The largest absolute Gasteiger partial charge is 0.395 e. The molecular weight excluding hydrogens is 290 g/mol. The average Bonchev–Trinajstić information content (AvgIpc) is 2.50. The lowest BCUT2D eigenvalue weighted by molar-refractivity contribution is -0.0192. The highest BCUT2D eigenvalue weighted by Crippen LogP contribution is 2.19. The van der Waals surface area contributed by atoms with E-state index in [0.717, 1.165) is 32.1 Å². The molecule has 0 spiro atoms. The standard InChI is InChI=1S/C19H39NO3/c1-15(2)13-16(22)11-9-7-5-3-4-6-8-10-12-17-19(23)18(14-21)20-17/h15-23H,3-14H2,1-2H3. The number of hydrogen-bond donors (Lipinski definition) is 4. The molecule has 1 heterocycles. The number of aliphatic hydroxyl groups is 3. The fourth-order valence-corrected chi connectivity index (χ4v) is 3.52. The van der Waals surface area contributed by atoms with Gasteiger partial charge in [0.25, 0.3) is 0 Å². The number of unbranched alkanes of at least 4 members (excludes halogenated alkanes) is 7. The molecule has 4 heteroatoms. The summed E-state index contributed by atoms with van der Waals surface area (Å²) in [5.41, 5.74) is 0. The molecule has 4 unspecified atom stereocenters. The van der Waals surface area contributed by atoms with Gasteiger partial charge in [-0.3, -0.25) is 0 Å². The van der Waals surface area contributed by atoms with Crippen LogP contribution in [0.25, 0.3) is 0 Å². The number of rotatable bonds is 14. The van der Waals surface area contributed by atoms with E-state index < -0.39 is 0 Å². The quantitative estimate of drug-likeness (QED) is 0.370. The summed E-state index contributed by atoms with van der Waals surface area (Å²) in [7, 11) is 0. The maximum atomic E-state index is 9.80. The molecule has 0 aromatic heterocycles. The summed E-state index contributed by atoms with van der Waals surface area (Å²) in [4.78, 5) is 0. The molecule has 138 valence electrons. The zero-order valence-corrected chi connectivity index (χ0v) is 15.2. The summed E-state index contributed by atoms with van der Waals surface area (Å²) in [5.74, 6) is 0.593. The van der Waals surface area contributed by atoms with Crippen molar-refractivity contribution in [3.63, 3.8) is 0 Å². The van der Waals surface area contributed by atoms with Gasteiger partial charge in [-0.25, -0.2) is 0 Å². The summed E-state index contributed by atoms with van der Waals surface area (Å²) in [6.07, 6.45) is 12.4. The van der Waals surface area contributed by atoms with Gasteiger partial charge in [-0.15, -0.1) is 0 Å². The molecule has 1 saturated heterocycles. The smallest absolute Gasteiger partial charge is 0.0868 e. The Kier molecular flexibility index (Phi) is 11.1. The Morgan fingerprint density at radius 1 is 0.870 bits per heavy atom. The van der Waals surface area contributed by atoms with Crippen molar-refractivity contribution in [2.24, 2.45) is 5.92 Å². The highest BCUT2D eigenvalue weighted by atomic mass is 16.3. The Balaban J connectivity index is 1.78. The number of nitrogens with one attached hydrogen (secondary N) is 1. The maximum absolute atomic E-state index is 9.80. The molecular formula is C19H39NO3. The van der Waals surface area contributed by atoms with Gasteiger partial charge in [0.1, 0.15) is 0 Å². The Bertz CT molecular complexity index is 286. The molecule has 0 aliphatic carbocycles. The summed E-state index contributed by atoms with van der Waals surface area (Å²) in [6.45, 7) is 4.36. The SMILES string of the molecule is CC(C)CC(O)CCCCCCCCCCC1NC(CO)C1O. The van der Waals surface area contributed by atoms with Gasteiger partial charge in [0.05, 0.1) is 24.9 Å². The maximum Gasteiger partial charge on any atom is 0.0868 e. The van der Waals surface area contributed by atoms with Crippen LogP contribution in [0.3, 0.4) is 0 Å². The van der Waals surface area contributed by atoms with Crippen LogP contribution in [0.2, 0.25) is 0 Å². The zero-order valence-electron chi connectivity index (χ0n) is 15.2.